The zero-order valence-electron chi connectivity index (χ0n) is 16.7. The molecule has 0 heterocycles. The van der Waals surface area contributed by atoms with E-state index in [2.05, 4.69) is 89.3 Å². The van der Waals surface area contributed by atoms with E-state index in [1.165, 1.54) is 0 Å². The molecular formula is C20H38Sn. The average molecular weight is 397 g/mol. The van der Waals surface area contributed by atoms with E-state index >= 15 is 0 Å². The Labute approximate surface area is 138 Å². The Morgan fingerprint density at radius 1 is 0.667 bits per heavy atom. The first-order valence-corrected chi connectivity index (χ1v) is 18.4. The van der Waals surface area contributed by atoms with E-state index in [-0.39, 0.29) is 10.8 Å². The van der Waals surface area contributed by atoms with Crippen LogP contribution in [-0.4, -0.2) is 18.4 Å². The van der Waals surface area contributed by atoms with Gasteiger partial charge in [0.15, 0.2) is 0 Å². The Balaban J connectivity index is 3.73. The molecule has 122 valence electrons. The maximum absolute atomic E-state index is 2.70. The van der Waals surface area contributed by atoms with Crippen molar-refractivity contribution in [2.75, 3.05) is 0 Å². The molecule has 0 N–H and O–H groups in total. The molecule has 0 saturated heterocycles. The van der Waals surface area contributed by atoms with Crippen molar-refractivity contribution >= 4 is 18.4 Å². The van der Waals surface area contributed by atoms with Crippen LogP contribution in [0.15, 0.2) is 23.3 Å². The molecule has 21 heavy (non-hydrogen) atoms. The summed E-state index contributed by atoms with van der Waals surface area (Å²) in [5.41, 5.74) is 3.94. The minimum atomic E-state index is -2.23. The first-order valence-electron chi connectivity index (χ1n) is 8.40. The van der Waals surface area contributed by atoms with Crippen molar-refractivity contribution in [3.63, 3.8) is 0 Å². The van der Waals surface area contributed by atoms with Crippen LogP contribution >= 0.6 is 0 Å². The maximum atomic E-state index is 2.70. The molecule has 0 aromatic heterocycles. The van der Waals surface area contributed by atoms with Gasteiger partial charge in [-0.05, 0) is 0 Å². The summed E-state index contributed by atoms with van der Waals surface area (Å²) in [7, 11) is 0. The topological polar surface area (TPSA) is 0 Å². The zero-order chi connectivity index (χ0) is 17.1. The molecule has 0 unspecified atom stereocenters. The summed E-state index contributed by atoms with van der Waals surface area (Å²) < 4.78 is 0.312. The van der Waals surface area contributed by atoms with E-state index in [1.54, 1.807) is 11.1 Å². The van der Waals surface area contributed by atoms with Crippen molar-refractivity contribution in [3.05, 3.63) is 23.3 Å². The predicted octanol–water partition coefficient (Wildman–Crippen LogP) is 7.07. The van der Waals surface area contributed by atoms with Crippen molar-refractivity contribution in [2.24, 2.45) is 16.2 Å². The van der Waals surface area contributed by atoms with Crippen molar-refractivity contribution in [3.8, 4) is 0 Å². The first-order chi connectivity index (χ1) is 8.93. The summed E-state index contributed by atoms with van der Waals surface area (Å²) in [6.45, 7) is 21.5. The molecule has 0 atom stereocenters. The monoisotopic (exact) mass is 398 g/mol. The molecule has 1 heteroatoms. The Hall–Kier alpha value is 0.279. The Morgan fingerprint density at radius 3 is 1.10 bits per heavy atom. The van der Waals surface area contributed by atoms with Crippen LogP contribution in [0.4, 0.5) is 0 Å². The van der Waals surface area contributed by atoms with E-state index in [0.717, 1.165) is 0 Å². The third-order valence-electron chi connectivity index (χ3n) is 5.13. The van der Waals surface area contributed by atoms with E-state index in [4.69, 9.17) is 0 Å². The molecule has 0 amide bonds. The van der Waals surface area contributed by atoms with Gasteiger partial charge in [-0.2, -0.15) is 0 Å². The van der Waals surface area contributed by atoms with Gasteiger partial charge in [0.05, 0.1) is 0 Å². The van der Waals surface area contributed by atoms with Crippen LogP contribution in [0.5, 0.6) is 0 Å². The van der Waals surface area contributed by atoms with Crippen LogP contribution in [-0.2, 0) is 0 Å². The van der Waals surface area contributed by atoms with Gasteiger partial charge in [0.25, 0.3) is 0 Å². The number of allylic oxidation sites excluding steroid dienone is 4. The number of rotatable bonds is 1. The van der Waals surface area contributed by atoms with Gasteiger partial charge >= 0.3 is 138 Å². The second-order valence-corrected chi connectivity index (χ2v) is 26.2. The molecule has 1 aliphatic rings. The fourth-order valence-electron chi connectivity index (χ4n) is 3.88. The molecular weight excluding hydrogens is 359 g/mol. The van der Waals surface area contributed by atoms with Crippen molar-refractivity contribution < 1.29 is 0 Å². The van der Waals surface area contributed by atoms with Crippen molar-refractivity contribution in [2.45, 2.75) is 80.6 Å². The van der Waals surface area contributed by atoms with Crippen LogP contribution in [0.3, 0.4) is 0 Å². The van der Waals surface area contributed by atoms with Gasteiger partial charge in [-0.3, -0.25) is 0 Å². The van der Waals surface area contributed by atoms with E-state index in [1.807, 2.05) is 0 Å². The quantitative estimate of drug-likeness (QED) is 0.415. The second kappa shape index (κ2) is 5.14. The Morgan fingerprint density at radius 2 is 0.952 bits per heavy atom. The summed E-state index contributed by atoms with van der Waals surface area (Å²) in [6, 6.07) is 0. The minimum absolute atomic E-state index is 0.225. The van der Waals surface area contributed by atoms with Gasteiger partial charge in [0.2, 0.25) is 0 Å². The summed E-state index contributed by atoms with van der Waals surface area (Å²) >= 11 is -2.23. The molecule has 0 fully saturated rings. The summed E-state index contributed by atoms with van der Waals surface area (Å²) in [4.78, 5) is 7.79. The third-order valence-corrected chi connectivity index (χ3v) is 15.2. The third kappa shape index (κ3) is 3.46. The van der Waals surface area contributed by atoms with E-state index in [9.17, 15) is 0 Å². The van der Waals surface area contributed by atoms with Gasteiger partial charge in [0, 0.05) is 0 Å². The Kier molecular flexibility index (Phi) is 4.73. The van der Waals surface area contributed by atoms with Crippen molar-refractivity contribution in [1.29, 1.82) is 0 Å². The van der Waals surface area contributed by atoms with Crippen LogP contribution < -0.4 is 0 Å². The van der Waals surface area contributed by atoms with Crippen molar-refractivity contribution in [1.82, 2.24) is 0 Å². The molecule has 0 spiro atoms. The standard InChI is InChI=1S/C17H29.3CH3.Sn/c1-15(2,3)12-10-13(16(4,5)6)14(11-12)17(7,8)9;;;;/h10-11H,1-9H3;3*1H3;. The van der Waals surface area contributed by atoms with Gasteiger partial charge < -0.3 is 0 Å². The van der Waals surface area contributed by atoms with E-state index < -0.39 is 18.4 Å². The van der Waals surface area contributed by atoms with E-state index in [0.29, 0.717) is 8.85 Å². The zero-order valence-corrected chi connectivity index (χ0v) is 19.5. The predicted molar refractivity (Wildman–Crippen MR) is 101 cm³/mol. The summed E-state index contributed by atoms with van der Waals surface area (Å²) in [5, 5.41) is 0. The molecule has 1 aliphatic carbocycles. The van der Waals surface area contributed by atoms with Gasteiger partial charge in [0.1, 0.15) is 0 Å². The second-order valence-electron chi connectivity index (χ2n) is 11.0. The molecule has 1 rings (SSSR count). The molecule has 0 nitrogen and oxygen atoms in total. The Bertz CT molecular complexity index is 416. The first kappa shape index (κ1) is 19.3. The van der Waals surface area contributed by atoms with Crippen LogP contribution in [0.1, 0.15) is 62.3 Å². The fourth-order valence-corrected chi connectivity index (χ4v) is 13.6. The normalized spacial score (nSPS) is 20.4. The SMILES string of the molecule is CC(C)(C)C1=C[C](C(C)(C)C)([Sn]([CH3])([CH3])[CH3])C=C1C(C)(C)C. The molecule has 0 aliphatic heterocycles. The van der Waals surface area contributed by atoms with Gasteiger partial charge in [-0.15, -0.1) is 0 Å². The average Bonchev–Trinajstić information content (AvgIpc) is 2.53. The van der Waals surface area contributed by atoms with Crippen LogP contribution in [0.25, 0.3) is 0 Å². The van der Waals surface area contributed by atoms with Crippen LogP contribution in [0, 0.1) is 16.2 Å². The molecule has 0 saturated carbocycles. The van der Waals surface area contributed by atoms with Gasteiger partial charge in [-0.1, -0.05) is 0 Å². The number of hydrogen-bond acceptors (Lipinski definition) is 0. The fraction of sp³-hybridized carbons (Fsp3) is 0.800. The molecule has 0 aromatic rings. The van der Waals surface area contributed by atoms with Gasteiger partial charge in [-0.25, -0.2) is 0 Å². The van der Waals surface area contributed by atoms with Crippen LogP contribution in [0.2, 0.25) is 18.2 Å². The molecule has 0 bridgehead atoms. The summed E-state index contributed by atoms with van der Waals surface area (Å²) in [6.07, 6.45) is 5.40. The molecule has 0 radical (unpaired) electrons. The number of hydrogen-bond donors (Lipinski definition) is 0. The summed E-state index contributed by atoms with van der Waals surface area (Å²) in [5.74, 6) is 0. The molecule has 0 aromatic carbocycles.